The molecule has 0 spiro atoms. The van der Waals surface area contributed by atoms with Crippen molar-refractivity contribution in [2.45, 2.75) is 14.7 Å². The summed E-state index contributed by atoms with van der Waals surface area (Å²) in [5, 5.41) is 4.80. The van der Waals surface area contributed by atoms with Gasteiger partial charge in [-0.3, -0.25) is 32.8 Å². The highest BCUT2D eigenvalue weighted by molar-refractivity contribution is 7.87. The molecule has 1 aliphatic rings. The lowest BCUT2D eigenvalue weighted by Gasteiger charge is -2.26. The minimum absolute atomic E-state index is 0.00803. The van der Waals surface area contributed by atoms with Crippen LogP contribution in [0.4, 0.5) is 17.1 Å². The standard InChI is InChI=1S/C32H22ClN3O13S3/c1-36-22-10-9-19(34-20-12-21(35-25(37)14-33)24(52(47,48)49)13-23(20)51(44,45)46)27-28(22)26(17-7-2-3-8-18(17)31(27)39)29(32(36)40)30(38)15-5-4-6-16(11-15)50(41,42)43/h2-13,34H,14H2,1H3,(H,35,37)(H,41,42,43)(H,44,45,46)(H,47,48,49). The fraction of sp³-hybridized carbons (Fsp3) is 0.0625. The number of ketones is 2. The number of carbonyl (C=O) groups is 3. The van der Waals surface area contributed by atoms with E-state index in [2.05, 4.69) is 10.6 Å². The van der Waals surface area contributed by atoms with Crippen LogP contribution in [-0.2, 0) is 42.2 Å². The summed E-state index contributed by atoms with van der Waals surface area (Å²) < 4.78 is 104. The van der Waals surface area contributed by atoms with Gasteiger partial charge in [0.05, 0.1) is 38.6 Å². The molecule has 0 unspecified atom stereocenters. The van der Waals surface area contributed by atoms with E-state index in [0.717, 1.165) is 22.8 Å². The number of carbonyl (C=O) groups excluding carboxylic acids is 3. The predicted octanol–water partition coefficient (Wildman–Crippen LogP) is 3.64. The van der Waals surface area contributed by atoms with E-state index in [9.17, 15) is 58.1 Å². The Morgan fingerprint density at radius 2 is 1.37 bits per heavy atom. The van der Waals surface area contributed by atoms with Gasteiger partial charge in [-0.1, -0.05) is 36.4 Å². The number of nitrogens with zero attached hydrogens (tertiary/aromatic N) is 1. The second-order valence-corrected chi connectivity index (χ2v) is 15.8. The molecule has 0 saturated heterocycles. The van der Waals surface area contributed by atoms with Crippen LogP contribution in [0.1, 0.15) is 31.8 Å². The smallest absolute Gasteiger partial charge is 0.296 e. The highest BCUT2D eigenvalue weighted by Gasteiger charge is 2.35. The monoisotopic (exact) mass is 787 g/mol. The van der Waals surface area contributed by atoms with Gasteiger partial charge >= 0.3 is 0 Å². The minimum atomic E-state index is -5.29. The van der Waals surface area contributed by atoms with Crippen LogP contribution in [0.15, 0.2) is 92.3 Å². The van der Waals surface area contributed by atoms with Crippen LogP contribution in [0.5, 0.6) is 0 Å². The molecule has 1 aromatic heterocycles. The van der Waals surface area contributed by atoms with Crippen LogP contribution in [0.2, 0.25) is 0 Å². The van der Waals surface area contributed by atoms with Crippen LogP contribution in [-0.4, -0.2) is 66.8 Å². The molecule has 268 valence electrons. The van der Waals surface area contributed by atoms with Crippen LogP contribution < -0.4 is 16.2 Å². The Hall–Kier alpha value is -5.28. The molecule has 4 aromatic carbocycles. The molecule has 6 rings (SSSR count). The third kappa shape index (κ3) is 6.27. The molecule has 52 heavy (non-hydrogen) atoms. The molecule has 1 heterocycles. The van der Waals surface area contributed by atoms with Gasteiger partial charge in [0.1, 0.15) is 15.7 Å². The first-order chi connectivity index (χ1) is 24.2. The minimum Gasteiger partial charge on any atom is -0.354 e. The molecule has 0 saturated carbocycles. The number of aromatic nitrogens is 1. The highest BCUT2D eigenvalue weighted by atomic mass is 35.5. The van der Waals surface area contributed by atoms with Gasteiger partial charge in [0.25, 0.3) is 35.9 Å². The lowest BCUT2D eigenvalue weighted by molar-refractivity contribution is -0.113. The Morgan fingerprint density at radius 3 is 1.98 bits per heavy atom. The first-order valence-electron chi connectivity index (χ1n) is 14.5. The number of hydrogen-bond acceptors (Lipinski definition) is 11. The number of amides is 1. The van der Waals surface area contributed by atoms with Crippen molar-refractivity contribution in [2.75, 3.05) is 16.5 Å². The molecule has 0 radical (unpaired) electrons. The van der Waals surface area contributed by atoms with E-state index in [4.69, 9.17) is 11.6 Å². The third-order valence-corrected chi connectivity index (χ3v) is 11.0. The zero-order chi connectivity index (χ0) is 38.1. The maximum atomic E-state index is 14.3. The number of anilines is 3. The van der Waals surface area contributed by atoms with Gasteiger partial charge in [-0.2, -0.15) is 25.3 Å². The summed E-state index contributed by atoms with van der Waals surface area (Å²) in [6.45, 7) is 0. The molecule has 1 aliphatic carbocycles. The molecule has 5 N–H and O–H groups in total. The molecule has 20 heteroatoms. The number of halogens is 1. The van der Waals surface area contributed by atoms with Crippen LogP contribution in [0.25, 0.3) is 22.0 Å². The van der Waals surface area contributed by atoms with Crippen molar-refractivity contribution < 1.29 is 53.3 Å². The summed E-state index contributed by atoms with van der Waals surface area (Å²) in [4.78, 5) is 51.6. The maximum absolute atomic E-state index is 14.3. The third-order valence-electron chi connectivity index (χ3n) is 8.15. The Morgan fingerprint density at radius 1 is 0.731 bits per heavy atom. The van der Waals surface area contributed by atoms with Gasteiger partial charge < -0.3 is 15.2 Å². The number of rotatable bonds is 9. The topological polar surface area (TPSA) is 260 Å². The summed E-state index contributed by atoms with van der Waals surface area (Å²) in [6.07, 6.45) is 0. The van der Waals surface area contributed by atoms with E-state index >= 15 is 0 Å². The second kappa shape index (κ2) is 12.7. The number of pyridine rings is 1. The van der Waals surface area contributed by atoms with Gasteiger partial charge in [0.2, 0.25) is 5.91 Å². The van der Waals surface area contributed by atoms with Crippen molar-refractivity contribution in [1.29, 1.82) is 0 Å². The zero-order valence-corrected chi connectivity index (χ0v) is 29.3. The molecule has 0 bridgehead atoms. The van der Waals surface area contributed by atoms with Crippen molar-refractivity contribution in [3.8, 4) is 11.1 Å². The molecule has 0 atom stereocenters. The van der Waals surface area contributed by atoms with Crippen molar-refractivity contribution in [2.24, 2.45) is 7.05 Å². The van der Waals surface area contributed by atoms with Crippen molar-refractivity contribution in [1.82, 2.24) is 4.57 Å². The van der Waals surface area contributed by atoms with E-state index in [1.165, 1.54) is 49.5 Å². The molecule has 0 aliphatic heterocycles. The summed E-state index contributed by atoms with van der Waals surface area (Å²) in [6, 6.07) is 14.0. The number of hydrogen-bond donors (Lipinski definition) is 5. The van der Waals surface area contributed by atoms with Gasteiger partial charge in [0.15, 0.2) is 11.6 Å². The number of aryl methyl sites for hydroxylation is 1. The van der Waals surface area contributed by atoms with Gasteiger partial charge in [-0.05, 0) is 42.0 Å². The zero-order valence-electron chi connectivity index (χ0n) is 26.1. The SMILES string of the molecule is Cn1c(=O)c(C(=O)c2cccc(S(=O)(=O)O)c2)c2c3c(c(Nc4cc(NC(=O)CCl)c(S(=O)(=O)O)cc4S(=O)(=O)O)ccc31)C(=O)c1ccccc1-2. The number of alkyl halides is 1. The maximum Gasteiger partial charge on any atom is 0.296 e. The van der Waals surface area contributed by atoms with Crippen molar-refractivity contribution in [3.05, 3.63) is 105 Å². The van der Waals surface area contributed by atoms with E-state index < -0.39 is 90.9 Å². The molecule has 16 nitrogen and oxygen atoms in total. The lowest BCUT2D eigenvalue weighted by Crippen LogP contribution is -2.29. The summed E-state index contributed by atoms with van der Waals surface area (Å²) >= 11 is 5.54. The van der Waals surface area contributed by atoms with Crippen molar-refractivity contribution >= 4 is 87.4 Å². The van der Waals surface area contributed by atoms with Gasteiger partial charge in [0, 0.05) is 29.1 Å². The molecule has 1 amide bonds. The largest absolute Gasteiger partial charge is 0.354 e. The molecular formula is C32H22ClN3O13S3. The average molecular weight is 788 g/mol. The number of fused-ring (bicyclic) bond motifs is 2. The highest BCUT2D eigenvalue weighted by Crippen LogP contribution is 2.45. The molecule has 5 aromatic rings. The van der Waals surface area contributed by atoms with Crippen LogP contribution in [0, 0.1) is 0 Å². The molecule has 0 fully saturated rings. The fourth-order valence-corrected chi connectivity index (χ4v) is 7.92. The van der Waals surface area contributed by atoms with Gasteiger partial charge in [-0.25, -0.2) is 0 Å². The molecular weight excluding hydrogens is 766 g/mol. The van der Waals surface area contributed by atoms with Gasteiger partial charge in [-0.15, -0.1) is 11.6 Å². The van der Waals surface area contributed by atoms with E-state index in [0.29, 0.717) is 6.07 Å². The Balaban J connectivity index is 1.69. The first kappa shape index (κ1) is 36.5. The van der Waals surface area contributed by atoms with Crippen molar-refractivity contribution in [3.63, 3.8) is 0 Å². The van der Waals surface area contributed by atoms with E-state index in [1.807, 2.05) is 0 Å². The van der Waals surface area contributed by atoms with E-state index in [1.54, 1.807) is 6.07 Å². The quantitative estimate of drug-likeness (QED) is 0.0796. The normalized spacial score (nSPS) is 12.8. The van der Waals surface area contributed by atoms with E-state index in [-0.39, 0.29) is 44.4 Å². The summed E-state index contributed by atoms with van der Waals surface area (Å²) in [7, 11) is -14.0. The lowest BCUT2D eigenvalue weighted by atomic mass is 9.80. The predicted molar refractivity (Wildman–Crippen MR) is 186 cm³/mol. The fourth-order valence-electron chi connectivity index (χ4n) is 5.94. The number of benzene rings is 4. The Labute approximate surface area is 298 Å². The second-order valence-electron chi connectivity index (χ2n) is 11.3. The van der Waals surface area contributed by atoms with Crippen LogP contribution in [0.3, 0.4) is 0 Å². The Bertz CT molecular complexity index is 2850. The summed E-state index contributed by atoms with van der Waals surface area (Å²) in [5.41, 5.74) is -3.04. The Kier molecular flexibility index (Phi) is 8.94. The number of nitrogens with one attached hydrogen (secondary N) is 2. The van der Waals surface area contributed by atoms with Crippen LogP contribution >= 0.6 is 11.6 Å². The first-order valence-corrected chi connectivity index (χ1v) is 19.3. The summed E-state index contributed by atoms with van der Waals surface area (Å²) in [5.74, 6) is -3.29. The average Bonchev–Trinajstić information content (AvgIpc) is 3.07.